The first-order chi connectivity index (χ1) is 20.5. The lowest BCUT2D eigenvalue weighted by molar-refractivity contribution is 0.0240. The SMILES string of the molecule is C[C@H](CN(CCc1ccccc1)C(=O)OC(C)(C)C)NS(=O)(=O)c1ccc2c(SCCNC(=O)OC(C)(C)C)nccc2c1. The number of benzene rings is 2. The number of fused-ring (bicyclic) bond motifs is 1. The standard InChI is InChI=1S/C32H44N4O6S2/c1-23(22-36(30(38)42-32(5,6)7)19-16-24-11-9-8-10-12-24)35-44(39,40)26-13-14-27-25(21-26)15-17-33-28(27)43-20-18-34-29(37)41-31(2,3)4/h8-15,17,21,23,35H,16,18-20,22H2,1-7H3,(H,34,37)/t23-/m1/s1. The summed E-state index contributed by atoms with van der Waals surface area (Å²) in [5, 5.41) is 4.97. The molecule has 0 aliphatic rings. The number of aromatic nitrogens is 1. The molecule has 240 valence electrons. The number of hydrogen-bond donors (Lipinski definition) is 2. The Morgan fingerprint density at radius 3 is 2.32 bits per heavy atom. The molecule has 3 rings (SSSR count). The van der Waals surface area contributed by atoms with Gasteiger partial charge in [0.15, 0.2) is 0 Å². The summed E-state index contributed by atoms with van der Waals surface area (Å²) in [6, 6.07) is 15.8. The van der Waals surface area contributed by atoms with Gasteiger partial charge in [-0.15, -0.1) is 11.8 Å². The van der Waals surface area contributed by atoms with Crippen LogP contribution in [0, 0.1) is 0 Å². The Morgan fingerprint density at radius 2 is 1.66 bits per heavy atom. The summed E-state index contributed by atoms with van der Waals surface area (Å²) in [6.07, 6.45) is 1.26. The third kappa shape index (κ3) is 11.6. The van der Waals surface area contributed by atoms with E-state index in [1.54, 1.807) is 83.8 Å². The molecule has 0 bridgehead atoms. The fourth-order valence-electron chi connectivity index (χ4n) is 4.22. The molecule has 2 aromatic carbocycles. The number of carbonyl (C=O) groups is 2. The van der Waals surface area contributed by atoms with E-state index in [2.05, 4.69) is 15.0 Å². The van der Waals surface area contributed by atoms with Crippen LogP contribution in [0.2, 0.25) is 0 Å². The van der Waals surface area contributed by atoms with Crippen LogP contribution in [0.4, 0.5) is 9.59 Å². The topological polar surface area (TPSA) is 127 Å². The Balaban J connectivity index is 1.66. The van der Waals surface area contributed by atoms with Gasteiger partial charge in [-0.1, -0.05) is 36.4 Å². The number of pyridine rings is 1. The van der Waals surface area contributed by atoms with Gasteiger partial charge >= 0.3 is 12.2 Å². The Hall–Kier alpha value is -3.35. The largest absolute Gasteiger partial charge is 0.444 e. The van der Waals surface area contributed by atoms with E-state index in [0.717, 1.165) is 21.4 Å². The number of alkyl carbamates (subject to hydrolysis) is 1. The summed E-state index contributed by atoms with van der Waals surface area (Å²) in [4.78, 5) is 31.0. The molecule has 2 amide bonds. The van der Waals surface area contributed by atoms with E-state index in [1.807, 2.05) is 30.3 Å². The second-order valence-corrected chi connectivity index (χ2v) is 15.3. The molecule has 2 N–H and O–H groups in total. The van der Waals surface area contributed by atoms with E-state index in [-0.39, 0.29) is 11.4 Å². The van der Waals surface area contributed by atoms with Crippen molar-refractivity contribution in [2.45, 2.75) is 82.1 Å². The first-order valence-corrected chi connectivity index (χ1v) is 17.0. The first kappa shape index (κ1) is 35.1. The maximum Gasteiger partial charge on any atom is 0.410 e. The summed E-state index contributed by atoms with van der Waals surface area (Å²) < 4.78 is 40.3. The van der Waals surface area contributed by atoms with Crippen LogP contribution in [0.1, 0.15) is 54.0 Å². The molecule has 0 unspecified atom stereocenters. The summed E-state index contributed by atoms with van der Waals surface area (Å²) in [5.41, 5.74) is -0.188. The zero-order valence-corrected chi connectivity index (χ0v) is 28.2. The lowest BCUT2D eigenvalue weighted by Crippen LogP contribution is -2.46. The van der Waals surface area contributed by atoms with Crippen molar-refractivity contribution >= 4 is 44.7 Å². The highest BCUT2D eigenvalue weighted by Crippen LogP contribution is 2.27. The summed E-state index contributed by atoms with van der Waals surface area (Å²) in [7, 11) is -3.90. The van der Waals surface area contributed by atoms with Gasteiger partial charge in [-0.3, -0.25) is 0 Å². The first-order valence-electron chi connectivity index (χ1n) is 14.5. The van der Waals surface area contributed by atoms with Gasteiger partial charge in [0.25, 0.3) is 0 Å². The van der Waals surface area contributed by atoms with Crippen LogP contribution < -0.4 is 10.0 Å². The lowest BCUT2D eigenvalue weighted by atomic mass is 10.1. The van der Waals surface area contributed by atoms with Gasteiger partial charge in [-0.25, -0.2) is 27.7 Å². The number of thioether (sulfide) groups is 1. The maximum atomic E-state index is 13.4. The second-order valence-electron chi connectivity index (χ2n) is 12.5. The predicted molar refractivity (Wildman–Crippen MR) is 174 cm³/mol. The molecule has 0 spiro atoms. The van der Waals surface area contributed by atoms with Gasteiger partial charge < -0.3 is 19.7 Å². The number of rotatable bonds is 12. The number of sulfonamides is 1. The van der Waals surface area contributed by atoms with Crippen LogP contribution in [-0.4, -0.2) is 73.1 Å². The highest BCUT2D eigenvalue weighted by molar-refractivity contribution is 7.99. The van der Waals surface area contributed by atoms with E-state index in [9.17, 15) is 18.0 Å². The third-order valence-corrected chi connectivity index (χ3v) is 8.63. The predicted octanol–water partition coefficient (Wildman–Crippen LogP) is 6.00. The third-order valence-electron chi connectivity index (χ3n) is 6.03. The highest BCUT2D eigenvalue weighted by Gasteiger charge is 2.26. The quantitative estimate of drug-likeness (QED) is 0.182. The molecule has 3 aromatic rings. The van der Waals surface area contributed by atoms with Gasteiger partial charge in [-0.2, -0.15) is 0 Å². The molecule has 12 heteroatoms. The molecule has 0 saturated heterocycles. The van der Waals surface area contributed by atoms with Crippen LogP contribution >= 0.6 is 11.8 Å². The van der Waals surface area contributed by atoms with E-state index in [0.29, 0.717) is 25.3 Å². The molecule has 0 aliphatic carbocycles. The highest BCUT2D eigenvalue weighted by atomic mass is 32.2. The maximum absolute atomic E-state index is 13.4. The van der Waals surface area contributed by atoms with Gasteiger partial charge in [0.1, 0.15) is 16.2 Å². The van der Waals surface area contributed by atoms with Gasteiger partial charge in [0, 0.05) is 43.0 Å². The number of amides is 2. The van der Waals surface area contributed by atoms with Crippen molar-refractivity contribution in [2.24, 2.45) is 0 Å². The minimum absolute atomic E-state index is 0.110. The molecule has 0 aliphatic heterocycles. The van der Waals surface area contributed by atoms with Crippen molar-refractivity contribution in [1.82, 2.24) is 19.9 Å². The summed E-state index contributed by atoms with van der Waals surface area (Å²) in [6.45, 7) is 13.4. The minimum atomic E-state index is -3.90. The van der Waals surface area contributed by atoms with Crippen molar-refractivity contribution < 1.29 is 27.5 Å². The van der Waals surface area contributed by atoms with Crippen molar-refractivity contribution in [2.75, 3.05) is 25.4 Å². The van der Waals surface area contributed by atoms with Crippen molar-refractivity contribution in [1.29, 1.82) is 0 Å². The molecule has 0 fully saturated rings. The van der Waals surface area contributed by atoms with Gasteiger partial charge in [0.2, 0.25) is 10.0 Å². The number of nitrogens with zero attached hydrogens (tertiary/aromatic N) is 2. The van der Waals surface area contributed by atoms with Crippen LogP contribution in [0.25, 0.3) is 10.8 Å². The fraction of sp³-hybridized carbons (Fsp3) is 0.469. The summed E-state index contributed by atoms with van der Waals surface area (Å²) >= 11 is 1.45. The Bertz CT molecular complexity index is 1520. The van der Waals surface area contributed by atoms with Crippen molar-refractivity contribution in [3.63, 3.8) is 0 Å². The zero-order valence-electron chi connectivity index (χ0n) is 26.5. The normalized spacial score (nSPS) is 12.9. The smallest absolute Gasteiger partial charge is 0.410 e. The van der Waals surface area contributed by atoms with E-state index >= 15 is 0 Å². The fourth-order valence-corrected chi connectivity index (χ4v) is 6.36. The van der Waals surface area contributed by atoms with E-state index < -0.39 is 39.5 Å². The van der Waals surface area contributed by atoms with Gasteiger partial charge in [0.05, 0.1) is 4.90 Å². The minimum Gasteiger partial charge on any atom is -0.444 e. The average Bonchev–Trinajstić information content (AvgIpc) is 2.91. The molecule has 44 heavy (non-hydrogen) atoms. The van der Waals surface area contributed by atoms with Crippen LogP contribution in [0.15, 0.2) is 70.7 Å². The van der Waals surface area contributed by atoms with E-state index in [1.165, 1.54) is 11.8 Å². The number of ether oxygens (including phenoxy) is 2. The molecule has 1 atom stereocenters. The monoisotopic (exact) mass is 644 g/mol. The Labute approximate surface area is 265 Å². The van der Waals surface area contributed by atoms with Gasteiger partial charge in [-0.05, 0) is 84.0 Å². The second kappa shape index (κ2) is 15.1. The zero-order chi connectivity index (χ0) is 32.5. The molecular formula is C32H44N4O6S2. The lowest BCUT2D eigenvalue weighted by Gasteiger charge is -2.29. The van der Waals surface area contributed by atoms with Crippen molar-refractivity contribution in [3.05, 3.63) is 66.4 Å². The Kier molecular flexibility index (Phi) is 12.0. The van der Waals surface area contributed by atoms with Crippen molar-refractivity contribution in [3.8, 4) is 0 Å². The molecular weight excluding hydrogens is 601 g/mol. The van der Waals surface area contributed by atoms with Crippen LogP contribution in [0.3, 0.4) is 0 Å². The molecule has 0 saturated carbocycles. The van der Waals surface area contributed by atoms with E-state index in [4.69, 9.17) is 9.47 Å². The average molecular weight is 645 g/mol. The number of hydrogen-bond acceptors (Lipinski definition) is 8. The summed E-state index contributed by atoms with van der Waals surface area (Å²) in [5.74, 6) is 0.558. The molecule has 1 heterocycles. The van der Waals surface area contributed by atoms with Crippen LogP contribution in [0.5, 0.6) is 0 Å². The number of nitrogens with one attached hydrogen (secondary N) is 2. The molecule has 1 aromatic heterocycles. The number of carbonyl (C=O) groups excluding carboxylic acids is 2. The molecule has 10 nitrogen and oxygen atoms in total. The van der Waals surface area contributed by atoms with Crippen LogP contribution in [-0.2, 0) is 25.9 Å². The molecule has 0 radical (unpaired) electrons. The Morgan fingerprint density at radius 1 is 0.977 bits per heavy atom.